The first-order chi connectivity index (χ1) is 8.56. The van der Waals surface area contributed by atoms with Crippen LogP contribution >= 0.6 is 0 Å². The van der Waals surface area contributed by atoms with E-state index in [0.29, 0.717) is 19.0 Å². The number of halogens is 2. The molecule has 2 amide bonds. The van der Waals surface area contributed by atoms with Crippen molar-refractivity contribution in [1.82, 2.24) is 4.90 Å². The number of carbonyl (C=O) groups excluding carboxylic acids is 1. The van der Waals surface area contributed by atoms with Gasteiger partial charge in [0.15, 0.2) is 0 Å². The Morgan fingerprint density at radius 1 is 1.33 bits per heavy atom. The van der Waals surface area contributed by atoms with Crippen LogP contribution in [0.5, 0.6) is 0 Å². The summed E-state index contributed by atoms with van der Waals surface area (Å²) < 4.78 is 26.1. The van der Waals surface area contributed by atoms with Gasteiger partial charge in [0.05, 0.1) is 5.69 Å². The Morgan fingerprint density at radius 3 is 2.61 bits per heavy atom. The van der Waals surface area contributed by atoms with E-state index < -0.39 is 11.6 Å². The first-order valence-electron chi connectivity index (χ1n) is 6.07. The van der Waals surface area contributed by atoms with E-state index in [1.807, 2.05) is 0 Å². The predicted octanol–water partition coefficient (Wildman–Crippen LogP) is 3.23. The summed E-state index contributed by atoms with van der Waals surface area (Å²) in [6, 6.07) is 2.78. The topological polar surface area (TPSA) is 32.3 Å². The summed E-state index contributed by atoms with van der Waals surface area (Å²) in [5, 5.41) is 2.47. The van der Waals surface area contributed by atoms with Gasteiger partial charge in [-0.15, -0.1) is 0 Å². The molecule has 3 nitrogen and oxygen atoms in total. The van der Waals surface area contributed by atoms with Crippen LogP contribution in [0.1, 0.15) is 19.8 Å². The lowest BCUT2D eigenvalue weighted by Gasteiger charge is -2.30. The van der Waals surface area contributed by atoms with Gasteiger partial charge < -0.3 is 10.2 Å². The molecular formula is C13H16F2N2O. The van der Waals surface area contributed by atoms with Crippen LogP contribution in [0, 0.1) is 17.6 Å². The molecule has 0 bridgehead atoms. The Morgan fingerprint density at radius 2 is 2.00 bits per heavy atom. The van der Waals surface area contributed by atoms with Gasteiger partial charge in [0.1, 0.15) is 11.6 Å². The second kappa shape index (κ2) is 5.33. The molecule has 0 aromatic heterocycles. The van der Waals surface area contributed by atoms with Crippen LogP contribution in [-0.2, 0) is 0 Å². The number of carbonyl (C=O) groups is 1. The molecule has 1 heterocycles. The number of nitrogens with one attached hydrogen (secondary N) is 1. The number of urea groups is 1. The third-order valence-electron chi connectivity index (χ3n) is 3.24. The molecule has 1 fully saturated rings. The normalized spacial score (nSPS) is 16.7. The van der Waals surface area contributed by atoms with Crippen LogP contribution in [-0.4, -0.2) is 24.0 Å². The summed E-state index contributed by atoms with van der Waals surface area (Å²) in [6.45, 7) is 3.50. The number of benzene rings is 1. The molecule has 1 N–H and O–H groups in total. The Labute approximate surface area is 105 Å². The summed E-state index contributed by atoms with van der Waals surface area (Å²) in [6.07, 6.45) is 1.92. The van der Waals surface area contributed by atoms with Gasteiger partial charge in [-0.05, 0) is 30.9 Å². The van der Waals surface area contributed by atoms with E-state index in [0.717, 1.165) is 25.0 Å². The molecule has 1 aliphatic heterocycles. The standard InChI is InChI=1S/C13H16F2N2O/c1-9-4-6-17(7-5-9)13(18)16-12-3-2-10(14)8-11(12)15/h2-3,8-9H,4-7H2,1H3,(H,16,18). The lowest BCUT2D eigenvalue weighted by molar-refractivity contribution is 0.186. The van der Waals surface area contributed by atoms with E-state index in [-0.39, 0.29) is 11.7 Å². The van der Waals surface area contributed by atoms with Crippen molar-refractivity contribution in [3.63, 3.8) is 0 Å². The van der Waals surface area contributed by atoms with Crippen molar-refractivity contribution in [2.75, 3.05) is 18.4 Å². The van der Waals surface area contributed by atoms with Crippen molar-refractivity contribution in [1.29, 1.82) is 0 Å². The van der Waals surface area contributed by atoms with E-state index in [2.05, 4.69) is 12.2 Å². The fourth-order valence-corrected chi connectivity index (χ4v) is 2.00. The number of hydrogen-bond donors (Lipinski definition) is 1. The number of nitrogens with zero attached hydrogens (tertiary/aromatic N) is 1. The van der Waals surface area contributed by atoms with Crippen LogP contribution in [0.25, 0.3) is 0 Å². The zero-order valence-electron chi connectivity index (χ0n) is 10.2. The zero-order chi connectivity index (χ0) is 13.1. The molecular weight excluding hydrogens is 238 g/mol. The van der Waals surface area contributed by atoms with E-state index in [4.69, 9.17) is 0 Å². The predicted molar refractivity (Wildman–Crippen MR) is 65.3 cm³/mol. The first kappa shape index (κ1) is 12.8. The highest BCUT2D eigenvalue weighted by molar-refractivity contribution is 5.89. The molecule has 0 spiro atoms. The average molecular weight is 254 g/mol. The van der Waals surface area contributed by atoms with Gasteiger partial charge >= 0.3 is 6.03 Å². The summed E-state index contributed by atoms with van der Waals surface area (Å²) in [5.41, 5.74) is 0.0139. The molecule has 5 heteroatoms. The van der Waals surface area contributed by atoms with Gasteiger partial charge in [0.2, 0.25) is 0 Å². The van der Waals surface area contributed by atoms with E-state index in [1.54, 1.807) is 4.90 Å². The van der Waals surface area contributed by atoms with Crippen molar-refractivity contribution in [3.8, 4) is 0 Å². The maximum atomic E-state index is 13.4. The Bertz CT molecular complexity index is 443. The number of anilines is 1. The number of piperidine rings is 1. The minimum Gasteiger partial charge on any atom is -0.325 e. The maximum absolute atomic E-state index is 13.4. The fourth-order valence-electron chi connectivity index (χ4n) is 2.00. The monoisotopic (exact) mass is 254 g/mol. The second-order valence-electron chi connectivity index (χ2n) is 4.72. The second-order valence-corrected chi connectivity index (χ2v) is 4.72. The van der Waals surface area contributed by atoms with Crippen LogP contribution in [0.2, 0.25) is 0 Å². The van der Waals surface area contributed by atoms with Crippen LogP contribution in [0.3, 0.4) is 0 Å². The molecule has 1 saturated heterocycles. The Balaban J connectivity index is 1.98. The maximum Gasteiger partial charge on any atom is 0.321 e. The van der Waals surface area contributed by atoms with Gasteiger partial charge in [-0.25, -0.2) is 13.6 Å². The first-order valence-corrected chi connectivity index (χ1v) is 6.07. The third kappa shape index (κ3) is 2.97. The fraction of sp³-hybridized carbons (Fsp3) is 0.462. The molecule has 0 unspecified atom stereocenters. The molecule has 18 heavy (non-hydrogen) atoms. The lowest BCUT2D eigenvalue weighted by Crippen LogP contribution is -2.40. The van der Waals surface area contributed by atoms with Crippen molar-refractivity contribution < 1.29 is 13.6 Å². The van der Waals surface area contributed by atoms with Gasteiger partial charge in [0, 0.05) is 19.2 Å². The van der Waals surface area contributed by atoms with Gasteiger partial charge in [0.25, 0.3) is 0 Å². The molecule has 98 valence electrons. The highest BCUT2D eigenvalue weighted by atomic mass is 19.1. The lowest BCUT2D eigenvalue weighted by atomic mass is 10.00. The summed E-state index contributed by atoms with van der Waals surface area (Å²) in [4.78, 5) is 13.5. The molecule has 0 aliphatic carbocycles. The summed E-state index contributed by atoms with van der Waals surface area (Å²) >= 11 is 0. The van der Waals surface area contributed by atoms with E-state index >= 15 is 0 Å². The molecule has 0 saturated carbocycles. The van der Waals surface area contributed by atoms with Crippen molar-refractivity contribution in [2.24, 2.45) is 5.92 Å². The third-order valence-corrected chi connectivity index (χ3v) is 3.24. The molecule has 0 atom stereocenters. The van der Waals surface area contributed by atoms with Gasteiger partial charge in [-0.3, -0.25) is 0 Å². The average Bonchev–Trinajstić information content (AvgIpc) is 2.33. The minimum absolute atomic E-state index is 0.0139. The smallest absolute Gasteiger partial charge is 0.321 e. The van der Waals surface area contributed by atoms with Crippen LogP contribution in [0.15, 0.2) is 18.2 Å². The van der Waals surface area contributed by atoms with Crippen molar-refractivity contribution >= 4 is 11.7 Å². The number of rotatable bonds is 1. The van der Waals surface area contributed by atoms with Crippen LogP contribution in [0.4, 0.5) is 19.3 Å². The molecule has 0 radical (unpaired) electrons. The quantitative estimate of drug-likeness (QED) is 0.820. The van der Waals surface area contributed by atoms with Gasteiger partial charge in [-0.1, -0.05) is 6.92 Å². The van der Waals surface area contributed by atoms with Crippen molar-refractivity contribution in [3.05, 3.63) is 29.8 Å². The Hall–Kier alpha value is -1.65. The number of hydrogen-bond acceptors (Lipinski definition) is 1. The van der Waals surface area contributed by atoms with Crippen LogP contribution < -0.4 is 5.32 Å². The zero-order valence-corrected chi connectivity index (χ0v) is 10.2. The van der Waals surface area contributed by atoms with Gasteiger partial charge in [-0.2, -0.15) is 0 Å². The molecule has 1 aromatic rings. The molecule has 1 aliphatic rings. The minimum atomic E-state index is -0.756. The number of likely N-dealkylation sites (tertiary alicyclic amines) is 1. The largest absolute Gasteiger partial charge is 0.325 e. The van der Waals surface area contributed by atoms with E-state index in [1.165, 1.54) is 6.07 Å². The summed E-state index contributed by atoms with van der Waals surface area (Å²) in [5.74, 6) is -0.789. The SMILES string of the molecule is CC1CCN(C(=O)Nc2ccc(F)cc2F)CC1. The van der Waals surface area contributed by atoms with Crippen molar-refractivity contribution in [2.45, 2.75) is 19.8 Å². The number of amides is 2. The molecule has 2 rings (SSSR count). The van der Waals surface area contributed by atoms with E-state index in [9.17, 15) is 13.6 Å². The summed E-state index contributed by atoms with van der Waals surface area (Å²) in [7, 11) is 0. The molecule has 1 aromatic carbocycles. The highest BCUT2D eigenvalue weighted by Gasteiger charge is 2.20. The highest BCUT2D eigenvalue weighted by Crippen LogP contribution is 2.19. The Kier molecular flexibility index (Phi) is 3.79.